The summed E-state index contributed by atoms with van der Waals surface area (Å²) in [7, 11) is 2.87. The Labute approximate surface area is 134 Å². The maximum Gasteiger partial charge on any atom is 0.196 e. The van der Waals surface area contributed by atoms with Crippen LogP contribution in [0.4, 0.5) is 4.39 Å². The summed E-state index contributed by atoms with van der Waals surface area (Å²) in [5.41, 5.74) is 0.433. The molecular formula is C15H11BrClFO3. The van der Waals surface area contributed by atoms with Crippen LogP contribution in [0.5, 0.6) is 11.5 Å². The largest absolute Gasteiger partial charge is 0.495 e. The molecule has 3 nitrogen and oxygen atoms in total. The van der Waals surface area contributed by atoms with Gasteiger partial charge in [0, 0.05) is 10.0 Å². The van der Waals surface area contributed by atoms with E-state index in [-0.39, 0.29) is 21.9 Å². The van der Waals surface area contributed by atoms with E-state index in [2.05, 4.69) is 15.9 Å². The predicted octanol–water partition coefficient (Wildman–Crippen LogP) is 4.49. The van der Waals surface area contributed by atoms with Crippen molar-refractivity contribution in [1.82, 2.24) is 0 Å². The summed E-state index contributed by atoms with van der Waals surface area (Å²) in [6, 6.07) is 7.06. The molecule has 0 radical (unpaired) electrons. The number of ketones is 1. The molecule has 0 unspecified atom stereocenters. The molecule has 21 heavy (non-hydrogen) atoms. The summed E-state index contributed by atoms with van der Waals surface area (Å²) in [6.45, 7) is 0. The molecule has 2 aromatic rings. The van der Waals surface area contributed by atoms with Crippen LogP contribution in [-0.2, 0) is 0 Å². The summed E-state index contributed by atoms with van der Waals surface area (Å²) >= 11 is 9.28. The first-order valence-corrected chi connectivity index (χ1v) is 7.06. The highest BCUT2D eigenvalue weighted by molar-refractivity contribution is 9.10. The van der Waals surface area contributed by atoms with Crippen LogP contribution in [0, 0.1) is 5.82 Å². The molecular weight excluding hydrogens is 363 g/mol. The van der Waals surface area contributed by atoms with Crippen LogP contribution in [0.15, 0.2) is 34.8 Å². The summed E-state index contributed by atoms with van der Waals surface area (Å²) in [5.74, 6) is -0.310. The van der Waals surface area contributed by atoms with Crippen molar-refractivity contribution in [2.75, 3.05) is 14.2 Å². The first-order valence-electron chi connectivity index (χ1n) is 5.89. The molecule has 0 bridgehead atoms. The van der Waals surface area contributed by atoms with E-state index >= 15 is 0 Å². The smallest absolute Gasteiger partial charge is 0.196 e. The zero-order chi connectivity index (χ0) is 15.6. The highest BCUT2D eigenvalue weighted by Crippen LogP contribution is 2.37. The fraction of sp³-hybridized carbons (Fsp3) is 0.133. The SMILES string of the molecule is COc1ccc(C(=O)c2cc(F)cc(Br)c2)c(OC)c1Cl. The van der Waals surface area contributed by atoms with E-state index in [0.29, 0.717) is 10.2 Å². The molecule has 0 atom stereocenters. The summed E-state index contributed by atoms with van der Waals surface area (Å²) in [4.78, 5) is 12.5. The maximum absolute atomic E-state index is 13.4. The van der Waals surface area contributed by atoms with Crippen LogP contribution in [0.3, 0.4) is 0 Å². The number of hydrogen-bond acceptors (Lipinski definition) is 3. The minimum atomic E-state index is -0.508. The van der Waals surface area contributed by atoms with Crippen molar-refractivity contribution < 1.29 is 18.7 Å². The Hall–Kier alpha value is -1.59. The highest BCUT2D eigenvalue weighted by atomic mass is 79.9. The lowest BCUT2D eigenvalue weighted by molar-refractivity contribution is 0.103. The van der Waals surface area contributed by atoms with E-state index < -0.39 is 11.6 Å². The number of methoxy groups -OCH3 is 2. The topological polar surface area (TPSA) is 35.5 Å². The van der Waals surface area contributed by atoms with E-state index in [4.69, 9.17) is 21.1 Å². The van der Waals surface area contributed by atoms with E-state index in [1.54, 1.807) is 6.07 Å². The van der Waals surface area contributed by atoms with Gasteiger partial charge in [0.1, 0.15) is 16.6 Å². The number of hydrogen-bond donors (Lipinski definition) is 0. The van der Waals surface area contributed by atoms with Gasteiger partial charge in [-0.3, -0.25) is 4.79 Å². The molecule has 0 aliphatic heterocycles. The minimum Gasteiger partial charge on any atom is -0.495 e. The van der Waals surface area contributed by atoms with Crippen LogP contribution >= 0.6 is 27.5 Å². The second-order valence-electron chi connectivity index (χ2n) is 4.15. The Bertz CT molecular complexity index is 683. The number of carbonyl (C=O) groups is 1. The first-order chi connectivity index (χ1) is 9.97. The van der Waals surface area contributed by atoms with Crippen LogP contribution in [0.2, 0.25) is 5.02 Å². The second-order valence-corrected chi connectivity index (χ2v) is 5.44. The fourth-order valence-electron chi connectivity index (χ4n) is 1.91. The third kappa shape index (κ3) is 3.19. The summed E-state index contributed by atoms with van der Waals surface area (Å²) in [6.07, 6.45) is 0. The third-order valence-corrected chi connectivity index (χ3v) is 3.67. The van der Waals surface area contributed by atoms with Crippen molar-refractivity contribution in [2.45, 2.75) is 0 Å². The maximum atomic E-state index is 13.4. The molecule has 0 spiro atoms. The predicted molar refractivity (Wildman–Crippen MR) is 82.1 cm³/mol. The average Bonchev–Trinajstić information content (AvgIpc) is 2.45. The van der Waals surface area contributed by atoms with Crippen molar-refractivity contribution in [3.8, 4) is 11.5 Å². The molecule has 6 heteroatoms. The van der Waals surface area contributed by atoms with Crippen LogP contribution in [0.25, 0.3) is 0 Å². The minimum absolute atomic E-state index is 0.196. The van der Waals surface area contributed by atoms with Crippen LogP contribution in [0.1, 0.15) is 15.9 Å². The molecule has 2 rings (SSSR count). The van der Waals surface area contributed by atoms with Gasteiger partial charge in [0.05, 0.1) is 19.8 Å². The Kier molecular flexibility index (Phi) is 4.85. The quantitative estimate of drug-likeness (QED) is 0.741. The molecule has 0 aliphatic rings. The Morgan fingerprint density at radius 1 is 1.19 bits per heavy atom. The Balaban J connectivity index is 2.55. The fourth-order valence-corrected chi connectivity index (χ4v) is 2.70. The summed E-state index contributed by atoms with van der Waals surface area (Å²) < 4.78 is 24.2. The monoisotopic (exact) mass is 372 g/mol. The highest BCUT2D eigenvalue weighted by Gasteiger charge is 2.20. The van der Waals surface area contributed by atoms with Crippen molar-refractivity contribution in [3.63, 3.8) is 0 Å². The van der Waals surface area contributed by atoms with Crippen LogP contribution in [-0.4, -0.2) is 20.0 Å². The van der Waals surface area contributed by atoms with Crippen molar-refractivity contribution in [1.29, 1.82) is 0 Å². The van der Waals surface area contributed by atoms with E-state index in [0.717, 1.165) is 6.07 Å². The van der Waals surface area contributed by atoms with Gasteiger partial charge in [-0.25, -0.2) is 4.39 Å². The Morgan fingerprint density at radius 3 is 2.48 bits per heavy atom. The van der Waals surface area contributed by atoms with Gasteiger partial charge in [-0.05, 0) is 30.3 Å². The second kappa shape index (κ2) is 6.45. The molecule has 0 aliphatic carbocycles. The molecule has 0 saturated heterocycles. The zero-order valence-electron chi connectivity index (χ0n) is 11.2. The summed E-state index contributed by atoms with van der Waals surface area (Å²) in [5, 5.41) is 0.196. The molecule has 0 saturated carbocycles. The number of rotatable bonds is 4. The van der Waals surface area contributed by atoms with Crippen LogP contribution < -0.4 is 9.47 Å². The van der Waals surface area contributed by atoms with Gasteiger partial charge >= 0.3 is 0 Å². The van der Waals surface area contributed by atoms with Crippen molar-refractivity contribution in [3.05, 3.63) is 56.8 Å². The Morgan fingerprint density at radius 2 is 1.90 bits per heavy atom. The van der Waals surface area contributed by atoms with Gasteiger partial charge in [0.2, 0.25) is 0 Å². The lowest BCUT2D eigenvalue weighted by Gasteiger charge is -2.12. The van der Waals surface area contributed by atoms with E-state index in [1.807, 2.05) is 0 Å². The molecule has 0 heterocycles. The van der Waals surface area contributed by atoms with Gasteiger partial charge in [-0.1, -0.05) is 27.5 Å². The zero-order valence-corrected chi connectivity index (χ0v) is 13.6. The third-order valence-electron chi connectivity index (χ3n) is 2.86. The lowest BCUT2D eigenvalue weighted by Crippen LogP contribution is -2.05. The first kappa shape index (κ1) is 15.8. The molecule has 0 aromatic heterocycles. The molecule has 2 aromatic carbocycles. The van der Waals surface area contributed by atoms with Gasteiger partial charge in [-0.15, -0.1) is 0 Å². The van der Waals surface area contributed by atoms with Gasteiger partial charge in [-0.2, -0.15) is 0 Å². The standard InChI is InChI=1S/C15H11BrClFO3/c1-20-12-4-3-11(15(21-2)13(12)17)14(19)8-5-9(16)7-10(18)6-8/h3-7H,1-2H3. The van der Waals surface area contributed by atoms with E-state index in [9.17, 15) is 9.18 Å². The molecule has 0 amide bonds. The number of ether oxygens (including phenoxy) is 2. The number of carbonyl (C=O) groups excluding carboxylic acids is 1. The van der Waals surface area contributed by atoms with Gasteiger partial charge < -0.3 is 9.47 Å². The van der Waals surface area contributed by atoms with Gasteiger partial charge in [0.25, 0.3) is 0 Å². The average molecular weight is 374 g/mol. The van der Waals surface area contributed by atoms with E-state index in [1.165, 1.54) is 32.4 Å². The lowest BCUT2D eigenvalue weighted by atomic mass is 10.0. The number of benzene rings is 2. The van der Waals surface area contributed by atoms with Crippen molar-refractivity contribution >= 4 is 33.3 Å². The normalized spacial score (nSPS) is 10.3. The molecule has 0 N–H and O–H groups in total. The molecule has 0 fully saturated rings. The van der Waals surface area contributed by atoms with Gasteiger partial charge in [0.15, 0.2) is 11.5 Å². The number of halogens is 3. The molecule has 110 valence electrons. The van der Waals surface area contributed by atoms with Crippen molar-refractivity contribution in [2.24, 2.45) is 0 Å².